The molecule has 2 aromatic rings. The van der Waals surface area contributed by atoms with Gasteiger partial charge in [0.2, 0.25) is 11.8 Å². The van der Waals surface area contributed by atoms with Gasteiger partial charge in [-0.1, -0.05) is 12.1 Å². The van der Waals surface area contributed by atoms with Crippen LogP contribution in [0.2, 0.25) is 0 Å². The summed E-state index contributed by atoms with van der Waals surface area (Å²) in [5.41, 5.74) is 1.31. The van der Waals surface area contributed by atoms with Crippen LogP contribution in [0, 0.1) is 11.7 Å². The number of hydrogen-bond donors (Lipinski definition) is 0. The lowest BCUT2D eigenvalue weighted by atomic mass is 9.92. The largest absolute Gasteiger partial charge is 0.466 e. The quantitative estimate of drug-likeness (QED) is 0.776. The minimum atomic E-state index is -0.333. The monoisotopic (exact) mass is 345 g/mol. The van der Waals surface area contributed by atoms with E-state index in [0.717, 1.165) is 18.4 Å². The molecule has 0 saturated heterocycles. The van der Waals surface area contributed by atoms with Crippen LogP contribution in [0.25, 0.3) is 0 Å². The standard InChI is InChI=1S/C18H20FN3O3/c1-2-24-18(23)13-8-12-4-3-5-14(19)16(12)22(9-13)10-15-20-21-17(25-15)11-6-7-11/h3-5,11,13H,2,6-10H2,1H3. The van der Waals surface area contributed by atoms with Gasteiger partial charge in [-0.05, 0) is 37.8 Å². The molecule has 6 nitrogen and oxygen atoms in total. The van der Waals surface area contributed by atoms with E-state index in [-0.39, 0.29) is 24.2 Å². The lowest BCUT2D eigenvalue weighted by Gasteiger charge is -2.34. The van der Waals surface area contributed by atoms with E-state index in [4.69, 9.17) is 9.15 Å². The minimum Gasteiger partial charge on any atom is -0.466 e. The van der Waals surface area contributed by atoms with Gasteiger partial charge in [-0.2, -0.15) is 0 Å². The Balaban J connectivity index is 1.60. The molecule has 2 heterocycles. The van der Waals surface area contributed by atoms with Crippen molar-refractivity contribution in [2.75, 3.05) is 18.1 Å². The molecule has 4 rings (SSSR count). The van der Waals surface area contributed by atoms with E-state index < -0.39 is 0 Å². The van der Waals surface area contributed by atoms with Crippen molar-refractivity contribution in [2.45, 2.75) is 38.6 Å². The molecule has 0 spiro atoms. The highest BCUT2D eigenvalue weighted by molar-refractivity contribution is 5.76. The van der Waals surface area contributed by atoms with Gasteiger partial charge in [-0.15, -0.1) is 10.2 Å². The highest BCUT2D eigenvalue weighted by atomic mass is 19.1. The van der Waals surface area contributed by atoms with E-state index in [9.17, 15) is 9.18 Å². The average Bonchev–Trinajstić information content (AvgIpc) is 3.35. The maximum absolute atomic E-state index is 14.4. The Labute approximate surface area is 145 Å². The van der Waals surface area contributed by atoms with Gasteiger partial charge in [-0.3, -0.25) is 4.79 Å². The van der Waals surface area contributed by atoms with E-state index in [1.54, 1.807) is 17.9 Å². The van der Waals surface area contributed by atoms with Crippen molar-refractivity contribution in [3.63, 3.8) is 0 Å². The van der Waals surface area contributed by atoms with Crippen LogP contribution >= 0.6 is 0 Å². The summed E-state index contributed by atoms with van der Waals surface area (Å²) in [7, 11) is 0. The van der Waals surface area contributed by atoms with Crippen molar-refractivity contribution in [1.29, 1.82) is 0 Å². The number of rotatable bonds is 5. The number of hydrogen-bond acceptors (Lipinski definition) is 6. The molecule has 25 heavy (non-hydrogen) atoms. The zero-order valence-electron chi connectivity index (χ0n) is 14.1. The number of carbonyl (C=O) groups is 1. The molecule has 1 unspecified atom stereocenters. The van der Waals surface area contributed by atoms with Gasteiger partial charge in [0.1, 0.15) is 5.82 Å². The van der Waals surface area contributed by atoms with Gasteiger partial charge >= 0.3 is 5.97 Å². The maximum atomic E-state index is 14.4. The summed E-state index contributed by atoms with van der Waals surface area (Å²) in [5, 5.41) is 8.16. The van der Waals surface area contributed by atoms with E-state index in [0.29, 0.717) is 43.0 Å². The van der Waals surface area contributed by atoms with Crippen LogP contribution in [0.5, 0.6) is 0 Å². The predicted octanol–water partition coefficient (Wildman–Crippen LogP) is 2.83. The van der Waals surface area contributed by atoms with Gasteiger partial charge < -0.3 is 14.1 Å². The van der Waals surface area contributed by atoms with Gasteiger partial charge in [0.15, 0.2) is 0 Å². The first-order valence-electron chi connectivity index (χ1n) is 8.67. The molecule has 1 atom stereocenters. The Morgan fingerprint density at radius 3 is 3.00 bits per heavy atom. The van der Waals surface area contributed by atoms with Crippen LogP contribution in [-0.2, 0) is 22.5 Å². The van der Waals surface area contributed by atoms with Crippen molar-refractivity contribution in [1.82, 2.24) is 10.2 Å². The molecule has 1 aromatic carbocycles. The normalized spacial score (nSPS) is 19.6. The summed E-state index contributed by atoms with van der Waals surface area (Å²) in [6.45, 7) is 2.77. The number of nitrogens with zero attached hydrogens (tertiary/aromatic N) is 3. The van der Waals surface area contributed by atoms with Crippen molar-refractivity contribution in [2.24, 2.45) is 5.92 Å². The Bertz CT molecular complexity index is 788. The molecular weight excluding hydrogens is 325 g/mol. The smallest absolute Gasteiger partial charge is 0.311 e. The van der Waals surface area contributed by atoms with E-state index in [1.165, 1.54) is 6.07 Å². The van der Waals surface area contributed by atoms with Crippen molar-refractivity contribution < 1.29 is 18.3 Å². The van der Waals surface area contributed by atoms with Crippen LogP contribution in [0.15, 0.2) is 22.6 Å². The molecule has 1 saturated carbocycles. The van der Waals surface area contributed by atoms with Gasteiger partial charge in [-0.25, -0.2) is 4.39 Å². The average molecular weight is 345 g/mol. The lowest BCUT2D eigenvalue weighted by molar-refractivity contribution is -0.147. The summed E-state index contributed by atoms with van der Waals surface area (Å²) in [6, 6.07) is 4.94. The molecule has 0 bridgehead atoms. The topological polar surface area (TPSA) is 68.5 Å². The highest BCUT2D eigenvalue weighted by Gasteiger charge is 2.34. The van der Waals surface area contributed by atoms with E-state index >= 15 is 0 Å². The molecule has 132 valence electrons. The number of ether oxygens (including phenoxy) is 1. The number of anilines is 1. The van der Waals surface area contributed by atoms with Crippen LogP contribution in [-0.4, -0.2) is 29.3 Å². The summed E-state index contributed by atoms with van der Waals surface area (Å²) in [4.78, 5) is 14.0. The second-order valence-corrected chi connectivity index (χ2v) is 6.59. The number of esters is 1. The first-order valence-corrected chi connectivity index (χ1v) is 8.67. The number of carbonyl (C=O) groups excluding carboxylic acids is 1. The van der Waals surface area contributed by atoms with Gasteiger partial charge in [0, 0.05) is 12.5 Å². The summed E-state index contributed by atoms with van der Waals surface area (Å²) < 4.78 is 25.3. The number of para-hydroxylation sites is 1. The molecular formula is C18H20FN3O3. The Morgan fingerprint density at radius 1 is 1.40 bits per heavy atom. The molecule has 0 N–H and O–H groups in total. The summed E-state index contributed by atoms with van der Waals surface area (Å²) in [6.07, 6.45) is 2.63. The fourth-order valence-corrected chi connectivity index (χ4v) is 3.32. The Morgan fingerprint density at radius 2 is 2.24 bits per heavy atom. The van der Waals surface area contributed by atoms with Gasteiger partial charge in [0.25, 0.3) is 0 Å². The molecule has 0 amide bonds. The maximum Gasteiger partial charge on any atom is 0.311 e. The third kappa shape index (κ3) is 3.23. The van der Waals surface area contributed by atoms with Crippen LogP contribution < -0.4 is 4.90 Å². The molecule has 7 heteroatoms. The van der Waals surface area contributed by atoms with Crippen molar-refractivity contribution in [3.05, 3.63) is 41.4 Å². The molecule has 2 aliphatic rings. The summed E-state index contributed by atoms with van der Waals surface area (Å²) in [5.74, 6) is 0.579. The van der Waals surface area contributed by atoms with Crippen molar-refractivity contribution >= 4 is 11.7 Å². The molecule has 1 aliphatic heterocycles. The zero-order chi connectivity index (χ0) is 17.4. The van der Waals surface area contributed by atoms with Crippen LogP contribution in [0.3, 0.4) is 0 Å². The Hall–Kier alpha value is -2.44. The molecule has 0 radical (unpaired) electrons. The summed E-state index contributed by atoms with van der Waals surface area (Å²) >= 11 is 0. The predicted molar refractivity (Wildman–Crippen MR) is 87.6 cm³/mol. The Kier molecular flexibility index (Phi) is 4.15. The first kappa shape index (κ1) is 16.1. The third-order valence-corrected chi connectivity index (χ3v) is 4.65. The van der Waals surface area contributed by atoms with Gasteiger partial charge in [0.05, 0.1) is 24.8 Å². The van der Waals surface area contributed by atoms with E-state index in [1.807, 2.05) is 6.07 Å². The zero-order valence-corrected chi connectivity index (χ0v) is 14.1. The second kappa shape index (κ2) is 6.46. The lowest BCUT2D eigenvalue weighted by Crippen LogP contribution is -2.40. The number of halogens is 1. The number of benzene rings is 1. The molecule has 1 aliphatic carbocycles. The SMILES string of the molecule is CCOC(=O)C1Cc2cccc(F)c2N(Cc2nnc(C3CC3)o2)C1. The van der Waals surface area contributed by atoms with Crippen molar-refractivity contribution in [3.8, 4) is 0 Å². The minimum absolute atomic E-state index is 0.258. The highest BCUT2D eigenvalue weighted by Crippen LogP contribution is 2.39. The first-order chi connectivity index (χ1) is 12.2. The van der Waals surface area contributed by atoms with Crippen LogP contribution in [0.1, 0.15) is 43.0 Å². The number of aromatic nitrogens is 2. The van der Waals surface area contributed by atoms with Crippen LogP contribution in [0.4, 0.5) is 10.1 Å². The number of fused-ring (bicyclic) bond motifs is 1. The fourth-order valence-electron chi connectivity index (χ4n) is 3.32. The second-order valence-electron chi connectivity index (χ2n) is 6.59. The molecule has 1 fully saturated rings. The third-order valence-electron chi connectivity index (χ3n) is 4.65. The fraction of sp³-hybridized carbons (Fsp3) is 0.500. The van der Waals surface area contributed by atoms with E-state index in [2.05, 4.69) is 10.2 Å². The molecule has 1 aromatic heterocycles.